The highest BCUT2D eigenvalue weighted by atomic mass is 16.5. The van der Waals surface area contributed by atoms with Gasteiger partial charge in [0.05, 0.1) is 39.6 Å². The Hall–Kier alpha value is -7.98. The zero-order valence-electron chi connectivity index (χ0n) is 46.6. The SMILES string of the molecule is COC(=O)[C@H](Cc1ccc(O)cc1)NC(=O)[C@H](CC(C)C)NC(=O)[C@@H](NC(=O)CCCOc1ccc2ccc(OCCCC(=O)N[C@H](C(=O)N[C@@H](CC(C)C)C(=O)N[C@@H](Cc3ccc(O)cc3)C(=O)OC)C(C)O)cc2c1)C(C)O. The Morgan fingerprint density at radius 3 is 1.12 bits per heavy atom. The van der Waals surface area contributed by atoms with E-state index >= 15 is 0 Å². The number of esters is 2. The molecule has 0 heterocycles. The standard InChI is InChI=1S/C58H78N6O16/c1-33(2)27-45(53(71)61-47(57(75)77-7)29-37-13-19-41(67)20-14-37)59-55(73)51(35(5)65)63-49(69)11-9-25-79-43-23-17-39-18-24-44(32-40(39)31-43)80-26-10-12-50(70)64-52(36(6)66)56(74)60-46(28-34(3)4)54(72)62-48(58(76)78-8)30-38-15-21-42(68)22-16-38/h13-24,31-36,45-48,51-52,65-68H,9-12,25-30H2,1-8H3,(H,59,73)(H,60,74)(H,61,71)(H,62,72)(H,63,69)(H,64,70)/t35?,36?,45-,46-,47-,48-,51-,52-/m0/s1. The Morgan fingerprint density at radius 1 is 0.450 bits per heavy atom. The second-order valence-electron chi connectivity index (χ2n) is 20.4. The van der Waals surface area contributed by atoms with Crippen LogP contribution in [0.25, 0.3) is 10.8 Å². The van der Waals surface area contributed by atoms with Crippen LogP contribution in [0.4, 0.5) is 0 Å². The van der Waals surface area contributed by atoms with Gasteiger partial charge in [0, 0.05) is 25.7 Å². The minimum Gasteiger partial charge on any atom is -0.508 e. The van der Waals surface area contributed by atoms with Crippen LogP contribution >= 0.6 is 0 Å². The lowest BCUT2D eigenvalue weighted by Gasteiger charge is -2.27. The lowest BCUT2D eigenvalue weighted by Crippen LogP contribution is -2.58. The summed E-state index contributed by atoms with van der Waals surface area (Å²) in [6.07, 6.45) is -1.89. The molecule has 0 aromatic heterocycles. The summed E-state index contributed by atoms with van der Waals surface area (Å²) >= 11 is 0. The molecule has 4 aromatic carbocycles. The van der Waals surface area contributed by atoms with Crippen LogP contribution in [-0.4, -0.2) is 144 Å². The first-order valence-electron chi connectivity index (χ1n) is 26.6. The van der Waals surface area contributed by atoms with Gasteiger partial charge in [-0.1, -0.05) is 64.1 Å². The molecule has 0 fully saturated rings. The van der Waals surface area contributed by atoms with Crippen LogP contribution in [0.1, 0.15) is 91.2 Å². The predicted octanol–water partition coefficient (Wildman–Crippen LogP) is 3.16. The first kappa shape index (κ1) is 64.5. The van der Waals surface area contributed by atoms with Crippen LogP contribution in [-0.2, 0) is 60.7 Å². The van der Waals surface area contributed by atoms with Crippen molar-refractivity contribution in [1.29, 1.82) is 0 Å². The number of aliphatic hydroxyl groups excluding tert-OH is 2. The number of ether oxygens (including phenoxy) is 4. The monoisotopic (exact) mass is 1110 g/mol. The number of phenols is 2. The van der Waals surface area contributed by atoms with Crippen LogP contribution in [0.15, 0.2) is 84.9 Å². The van der Waals surface area contributed by atoms with Gasteiger partial charge in [-0.25, -0.2) is 9.59 Å². The Kier molecular flexibility index (Phi) is 26.0. The predicted molar refractivity (Wildman–Crippen MR) is 295 cm³/mol. The topological polar surface area (TPSA) is 327 Å². The Balaban J connectivity index is 1.25. The third kappa shape index (κ3) is 21.7. The lowest BCUT2D eigenvalue weighted by atomic mass is 10.0. The van der Waals surface area contributed by atoms with E-state index < -0.39 is 95.8 Å². The second-order valence-corrected chi connectivity index (χ2v) is 20.4. The van der Waals surface area contributed by atoms with Crippen molar-refractivity contribution in [2.45, 2.75) is 141 Å². The molecule has 0 bridgehead atoms. The van der Waals surface area contributed by atoms with Crippen LogP contribution in [0, 0.1) is 11.8 Å². The number of benzene rings is 4. The molecule has 80 heavy (non-hydrogen) atoms. The van der Waals surface area contributed by atoms with Gasteiger partial charge in [0.15, 0.2) is 0 Å². The molecule has 0 aliphatic carbocycles. The highest BCUT2D eigenvalue weighted by Crippen LogP contribution is 2.26. The van der Waals surface area contributed by atoms with E-state index in [-0.39, 0.29) is 87.9 Å². The van der Waals surface area contributed by atoms with Gasteiger partial charge < -0.3 is 71.3 Å². The number of carbonyl (C=O) groups is 8. The molecule has 4 rings (SSSR count). The van der Waals surface area contributed by atoms with Crippen molar-refractivity contribution in [3.63, 3.8) is 0 Å². The van der Waals surface area contributed by atoms with Gasteiger partial charge in [0.25, 0.3) is 0 Å². The minimum atomic E-state index is -1.41. The van der Waals surface area contributed by atoms with Gasteiger partial charge in [-0.2, -0.15) is 0 Å². The van der Waals surface area contributed by atoms with Crippen molar-refractivity contribution in [1.82, 2.24) is 31.9 Å². The maximum Gasteiger partial charge on any atom is 0.328 e. The molecule has 0 radical (unpaired) electrons. The van der Waals surface area contributed by atoms with Crippen molar-refractivity contribution in [3.8, 4) is 23.0 Å². The fourth-order valence-corrected chi connectivity index (χ4v) is 8.41. The fourth-order valence-electron chi connectivity index (χ4n) is 8.41. The summed E-state index contributed by atoms with van der Waals surface area (Å²) in [5.41, 5.74) is 1.27. The third-order valence-corrected chi connectivity index (χ3v) is 12.6. The molecule has 2 unspecified atom stereocenters. The molecule has 0 spiro atoms. The molecular formula is C58H78N6O16. The number of hydrogen-bond donors (Lipinski definition) is 10. The number of rotatable bonds is 32. The minimum absolute atomic E-state index is 0.0294. The average Bonchev–Trinajstić information content (AvgIpc) is 3.41. The number of aliphatic hydroxyl groups is 2. The van der Waals surface area contributed by atoms with E-state index in [9.17, 15) is 58.8 Å². The van der Waals surface area contributed by atoms with Crippen molar-refractivity contribution >= 4 is 58.2 Å². The third-order valence-electron chi connectivity index (χ3n) is 12.6. The van der Waals surface area contributed by atoms with Crippen LogP contribution in [0.5, 0.6) is 23.0 Å². The summed E-state index contributed by atoms with van der Waals surface area (Å²) in [6, 6.07) is 15.7. The summed E-state index contributed by atoms with van der Waals surface area (Å²) in [4.78, 5) is 106. The zero-order valence-corrected chi connectivity index (χ0v) is 46.6. The van der Waals surface area contributed by atoms with E-state index in [1.807, 2.05) is 39.8 Å². The number of phenolic OH excluding ortho intramolecular Hbond substituents is 2. The van der Waals surface area contributed by atoms with Crippen molar-refractivity contribution in [3.05, 3.63) is 96.1 Å². The van der Waals surface area contributed by atoms with Gasteiger partial charge in [-0.15, -0.1) is 0 Å². The smallest absolute Gasteiger partial charge is 0.328 e. The van der Waals surface area contributed by atoms with Crippen molar-refractivity contribution in [2.24, 2.45) is 11.8 Å². The molecule has 0 aliphatic rings. The highest BCUT2D eigenvalue weighted by Gasteiger charge is 2.34. The van der Waals surface area contributed by atoms with Gasteiger partial charge in [-0.05, 0) is 122 Å². The van der Waals surface area contributed by atoms with E-state index in [0.29, 0.717) is 22.6 Å². The molecule has 4 aromatic rings. The zero-order chi connectivity index (χ0) is 59.1. The molecule has 0 saturated carbocycles. The first-order chi connectivity index (χ1) is 38.0. The van der Waals surface area contributed by atoms with Gasteiger partial charge in [0.2, 0.25) is 35.4 Å². The van der Waals surface area contributed by atoms with Crippen LogP contribution in [0.2, 0.25) is 0 Å². The second kappa shape index (κ2) is 32.2. The summed E-state index contributed by atoms with van der Waals surface area (Å²) in [5, 5.41) is 57.7. The van der Waals surface area contributed by atoms with E-state index in [1.54, 1.807) is 48.5 Å². The number of carbonyl (C=O) groups excluding carboxylic acids is 8. The summed E-state index contributed by atoms with van der Waals surface area (Å²) < 4.78 is 21.7. The van der Waals surface area contributed by atoms with E-state index in [0.717, 1.165) is 10.8 Å². The van der Waals surface area contributed by atoms with Crippen molar-refractivity contribution in [2.75, 3.05) is 27.4 Å². The number of fused-ring (bicyclic) bond motifs is 1. The molecule has 10 N–H and O–H groups in total. The molecule has 0 saturated heterocycles. The number of amides is 6. The lowest BCUT2D eigenvalue weighted by molar-refractivity contribution is -0.146. The number of nitrogens with one attached hydrogen (secondary N) is 6. The molecule has 22 nitrogen and oxygen atoms in total. The fraction of sp³-hybridized carbons (Fsp3) is 0.483. The number of hydrogen-bond acceptors (Lipinski definition) is 16. The highest BCUT2D eigenvalue weighted by molar-refractivity contribution is 5.95. The molecule has 0 aliphatic heterocycles. The Bertz CT molecular complexity index is 2520. The van der Waals surface area contributed by atoms with Crippen LogP contribution < -0.4 is 41.4 Å². The number of aromatic hydroxyl groups is 2. The maximum absolute atomic E-state index is 13.5. The largest absolute Gasteiger partial charge is 0.508 e. The van der Waals surface area contributed by atoms with E-state index in [4.69, 9.17) is 18.9 Å². The van der Waals surface area contributed by atoms with E-state index in [1.165, 1.54) is 52.3 Å². The molecule has 8 atom stereocenters. The quantitative estimate of drug-likeness (QED) is 0.0248. The summed E-state index contributed by atoms with van der Waals surface area (Å²) in [7, 11) is 2.36. The van der Waals surface area contributed by atoms with E-state index in [2.05, 4.69) is 31.9 Å². The van der Waals surface area contributed by atoms with Gasteiger partial charge >= 0.3 is 11.9 Å². The summed E-state index contributed by atoms with van der Waals surface area (Å²) in [6.45, 7) is 10.3. The van der Waals surface area contributed by atoms with Gasteiger partial charge in [-0.3, -0.25) is 28.8 Å². The van der Waals surface area contributed by atoms with Gasteiger partial charge in [0.1, 0.15) is 59.2 Å². The average molecular weight is 1120 g/mol. The Labute approximate surface area is 466 Å². The molecule has 6 amide bonds. The first-order valence-corrected chi connectivity index (χ1v) is 26.6. The normalized spacial score (nSPS) is 14.2. The molecule has 436 valence electrons. The molecule has 22 heteroatoms. The van der Waals surface area contributed by atoms with Crippen molar-refractivity contribution < 1.29 is 77.7 Å². The number of methoxy groups -OCH3 is 2. The Morgan fingerprint density at radius 2 is 0.800 bits per heavy atom. The maximum atomic E-state index is 13.5. The summed E-state index contributed by atoms with van der Waals surface area (Å²) in [5.74, 6) is -4.57. The molecular weight excluding hydrogens is 1040 g/mol. The van der Waals surface area contributed by atoms with Crippen LogP contribution in [0.3, 0.4) is 0 Å².